The van der Waals surface area contributed by atoms with Gasteiger partial charge < -0.3 is 4.57 Å². The monoisotopic (exact) mass is 197 g/mol. The summed E-state index contributed by atoms with van der Waals surface area (Å²) in [6.45, 7) is 4.44. The van der Waals surface area contributed by atoms with Crippen LogP contribution in [0.4, 0.5) is 0 Å². The molecular formula is C14H15N. The van der Waals surface area contributed by atoms with Crippen LogP contribution in [-0.2, 0) is 13.5 Å². The molecule has 76 valence electrons. The molecule has 0 atom stereocenters. The van der Waals surface area contributed by atoms with E-state index < -0.39 is 0 Å². The Kier molecular flexibility index (Phi) is 1.61. The SMILES string of the molecule is Cc1c2c(n(C)c1C)Cc1ccccc1-2. The van der Waals surface area contributed by atoms with Crippen LogP contribution in [0.15, 0.2) is 24.3 Å². The topological polar surface area (TPSA) is 4.93 Å². The lowest BCUT2D eigenvalue weighted by molar-refractivity contribution is 0.823. The smallest absolute Gasteiger partial charge is 0.0300 e. The van der Waals surface area contributed by atoms with Crippen molar-refractivity contribution in [3.63, 3.8) is 0 Å². The van der Waals surface area contributed by atoms with Gasteiger partial charge in [-0.2, -0.15) is 0 Å². The quantitative estimate of drug-likeness (QED) is 0.521. The number of fused-ring (bicyclic) bond motifs is 3. The molecule has 0 amide bonds. The minimum absolute atomic E-state index is 1.09. The first-order valence-electron chi connectivity index (χ1n) is 5.43. The molecule has 0 unspecified atom stereocenters. The Hall–Kier alpha value is -1.50. The van der Waals surface area contributed by atoms with E-state index in [1.807, 2.05) is 0 Å². The molecule has 0 bridgehead atoms. The third kappa shape index (κ3) is 0.980. The van der Waals surface area contributed by atoms with Gasteiger partial charge in [-0.25, -0.2) is 0 Å². The summed E-state index contributed by atoms with van der Waals surface area (Å²) < 4.78 is 2.34. The third-order valence-electron chi connectivity index (χ3n) is 3.76. The van der Waals surface area contributed by atoms with Gasteiger partial charge in [0.1, 0.15) is 0 Å². The fourth-order valence-electron chi connectivity index (χ4n) is 2.68. The molecule has 1 aromatic heterocycles. The van der Waals surface area contributed by atoms with Crippen molar-refractivity contribution in [2.75, 3.05) is 0 Å². The Morgan fingerprint density at radius 2 is 1.87 bits per heavy atom. The highest BCUT2D eigenvalue weighted by Crippen LogP contribution is 2.40. The second-order valence-electron chi connectivity index (χ2n) is 4.43. The van der Waals surface area contributed by atoms with Crippen molar-refractivity contribution in [2.24, 2.45) is 7.05 Å². The molecule has 1 aromatic carbocycles. The standard InChI is InChI=1S/C14H15N/c1-9-10(2)15(3)13-8-11-6-4-5-7-12(11)14(9)13/h4-7H,8H2,1-3H3. The number of nitrogens with zero attached hydrogens (tertiary/aromatic N) is 1. The molecule has 3 rings (SSSR count). The number of hydrogen-bond acceptors (Lipinski definition) is 0. The van der Waals surface area contributed by atoms with Crippen LogP contribution in [-0.4, -0.2) is 4.57 Å². The number of aromatic nitrogens is 1. The summed E-state index contributed by atoms with van der Waals surface area (Å²) in [5, 5.41) is 0. The van der Waals surface area contributed by atoms with E-state index in [1.165, 1.54) is 33.6 Å². The Morgan fingerprint density at radius 3 is 2.67 bits per heavy atom. The van der Waals surface area contributed by atoms with Crippen molar-refractivity contribution < 1.29 is 0 Å². The summed E-state index contributed by atoms with van der Waals surface area (Å²) in [5.74, 6) is 0. The minimum Gasteiger partial charge on any atom is -0.351 e. The van der Waals surface area contributed by atoms with Crippen LogP contribution in [0.3, 0.4) is 0 Å². The second-order valence-corrected chi connectivity index (χ2v) is 4.43. The van der Waals surface area contributed by atoms with Crippen LogP contribution < -0.4 is 0 Å². The summed E-state index contributed by atoms with van der Waals surface area (Å²) in [7, 11) is 2.17. The first kappa shape index (κ1) is 8.78. The van der Waals surface area contributed by atoms with E-state index in [9.17, 15) is 0 Å². The van der Waals surface area contributed by atoms with Crippen molar-refractivity contribution >= 4 is 0 Å². The maximum Gasteiger partial charge on any atom is 0.0300 e. The van der Waals surface area contributed by atoms with Crippen LogP contribution >= 0.6 is 0 Å². The average molecular weight is 197 g/mol. The zero-order valence-electron chi connectivity index (χ0n) is 9.46. The Bertz CT molecular complexity index is 547. The fourth-order valence-corrected chi connectivity index (χ4v) is 2.68. The Morgan fingerprint density at radius 1 is 1.13 bits per heavy atom. The van der Waals surface area contributed by atoms with Crippen LogP contribution in [0.25, 0.3) is 11.1 Å². The largest absolute Gasteiger partial charge is 0.351 e. The van der Waals surface area contributed by atoms with Gasteiger partial charge >= 0.3 is 0 Å². The van der Waals surface area contributed by atoms with Gasteiger partial charge in [0.25, 0.3) is 0 Å². The van der Waals surface area contributed by atoms with Gasteiger partial charge in [0, 0.05) is 30.4 Å². The number of benzene rings is 1. The molecular weight excluding hydrogens is 182 g/mol. The van der Waals surface area contributed by atoms with Crippen molar-refractivity contribution in [3.05, 3.63) is 46.8 Å². The van der Waals surface area contributed by atoms with E-state index in [4.69, 9.17) is 0 Å². The van der Waals surface area contributed by atoms with E-state index in [2.05, 4.69) is 49.7 Å². The molecule has 0 fully saturated rings. The third-order valence-corrected chi connectivity index (χ3v) is 3.76. The highest BCUT2D eigenvalue weighted by molar-refractivity contribution is 5.79. The van der Waals surface area contributed by atoms with Gasteiger partial charge in [0.05, 0.1) is 0 Å². The van der Waals surface area contributed by atoms with Gasteiger partial charge in [-0.1, -0.05) is 24.3 Å². The summed E-state index contributed by atoms with van der Waals surface area (Å²) in [6, 6.07) is 8.75. The van der Waals surface area contributed by atoms with E-state index in [0.29, 0.717) is 0 Å². The molecule has 0 radical (unpaired) electrons. The van der Waals surface area contributed by atoms with E-state index in [0.717, 1.165) is 6.42 Å². The minimum atomic E-state index is 1.09. The average Bonchev–Trinajstić information content (AvgIpc) is 2.72. The van der Waals surface area contributed by atoms with Gasteiger partial charge in [0.15, 0.2) is 0 Å². The zero-order valence-corrected chi connectivity index (χ0v) is 9.46. The molecule has 2 aromatic rings. The predicted octanol–water partition coefficient (Wildman–Crippen LogP) is 3.21. The maximum atomic E-state index is 2.34. The molecule has 15 heavy (non-hydrogen) atoms. The lowest BCUT2D eigenvalue weighted by atomic mass is 10.0. The van der Waals surface area contributed by atoms with Crippen molar-refractivity contribution in [2.45, 2.75) is 20.3 Å². The van der Waals surface area contributed by atoms with Crippen molar-refractivity contribution in [3.8, 4) is 11.1 Å². The molecule has 1 aliphatic carbocycles. The number of rotatable bonds is 0. The fraction of sp³-hybridized carbons (Fsp3) is 0.286. The van der Waals surface area contributed by atoms with Crippen LogP contribution in [0.1, 0.15) is 22.5 Å². The molecule has 1 heterocycles. The second kappa shape index (κ2) is 2.75. The Labute approximate surface area is 90.4 Å². The molecule has 1 aliphatic rings. The molecule has 0 spiro atoms. The van der Waals surface area contributed by atoms with Gasteiger partial charge in [-0.05, 0) is 30.5 Å². The van der Waals surface area contributed by atoms with Crippen LogP contribution in [0, 0.1) is 13.8 Å². The molecule has 0 saturated heterocycles. The zero-order chi connectivity index (χ0) is 10.6. The molecule has 0 saturated carbocycles. The van der Waals surface area contributed by atoms with Gasteiger partial charge in [0.2, 0.25) is 0 Å². The highest BCUT2D eigenvalue weighted by Gasteiger charge is 2.24. The predicted molar refractivity (Wildman–Crippen MR) is 63.1 cm³/mol. The lowest BCUT2D eigenvalue weighted by Gasteiger charge is -2.03. The summed E-state index contributed by atoms with van der Waals surface area (Å²) >= 11 is 0. The van der Waals surface area contributed by atoms with Crippen LogP contribution in [0.2, 0.25) is 0 Å². The van der Waals surface area contributed by atoms with Crippen LogP contribution in [0.5, 0.6) is 0 Å². The van der Waals surface area contributed by atoms with Crippen molar-refractivity contribution in [1.29, 1.82) is 0 Å². The molecule has 0 N–H and O–H groups in total. The first-order valence-corrected chi connectivity index (χ1v) is 5.43. The summed E-state index contributed by atoms with van der Waals surface area (Å²) in [5.41, 5.74) is 8.71. The normalized spacial score (nSPS) is 12.7. The molecule has 1 heteroatoms. The number of hydrogen-bond donors (Lipinski definition) is 0. The van der Waals surface area contributed by atoms with Gasteiger partial charge in [-0.15, -0.1) is 0 Å². The molecule has 0 aliphatic heterocycles. The molecule has 1 nitrogen and oxygen atoms in total. The first-order chi connectivity index (χ1) is 7.20. The summed E-state index contributed by atoms with van der Waals surface area (Å²) in [6.07, 6.45) is 1.09. The lowest BCUT2D eigenvalue weighted by Crippen LogP contribution is -1.97. The van der Waals surface area contributed by atoms with Gasteiger partial charge in [-0.3, -0.25) is 0 Å². The van der Waals surface area contributed by atoms with E-state index in [-0.39, 0.29) is 0 Å². The maximum absolute atomic E-state index is 2.34. The highest BCUT2D eigenvalue weighted by atomic mass is 15.0. The van der Waals surface area contributed by atoms with E-state index in [1.54, 1.807) is 0 Å². The summed E-state index contributed by atoms with van der Waals surface area (Å²) in [4.78, 5) is 0. The Balaban J connectivity index is 2.37. The van der Waals surface area contributed by atoms with E-state index >= 15 is 0 Å². The van der Waals surface area contributed by atoms with Crippen molar-refractivity contribution in [1.82, 2.24) is 4.57 Å².